The molecule has 3 heterocycles. The number of halogens is 1. The lowest BCUT2D eigenvalue weighted by Crippen LogP contribution is -2.20. The molecule has 0 bridgehead atoms. The Balaban J connectivity index is 2.03. The molecule has 0 saturated carbocycles. The van der Waals surface area contributed by atoms with E-state index in [2.05, 4.69) is 75.5 Å². The maximum Gasteiger partial charge on any atom is 0.124 e. The summed E-state index contributed by atoms with van der Waals surface area (Å²) in [5.74, 6) is 0. The van der Waals surface area contributed by atoms with Crippen LogP contribution in [0.5, 0.6) is 0 Å². The summed E-state index contributed by atoms with van der Waals surface area (Å²) in [5.41, 5.74) is 6.39. The number of thiazole rings is 1. The second kappa shape index (κ2) is 9.43. The highest BCUT2D eigenvalue weighted by atomic mass is 79.9. The number of pyridine rings is 1. The minimum atomic E-state index is -0.258. The maximum absolute atomic E-state index is 10.1. The van der Waals surface area contributed by atoms with E-state index in [4.69, 9.17) is 4.74 Å². The van der Waals surface area contributed by atoms with Crippen molar-refractivity contribution in [3.05, 3.63) is 57.8 Å². The van der Waals surface area contributed by atoms with Crippen molar-refractivity contribution in [1.29, 1.82) is 0 Å². The predicted octanol–water partition coefficient (Wildman–Crippen LogP) is 6.32. The van der Waals surface area contributed by atoms with Crippen molar-refractivity contribution in [2.24, 2.45) is 5.41 Å². The van der Waals surface area contributed by atoms with Crippen molar-refractivity contribution < 1.29 is 9.84 Å². The molecule has 0 aliphatic rings. The Bertz CT molecular complexity index is 1250. The molecule has 1 N–H and O–H groups in total. The molecule has 0 atom stereocenters. The number of ether oxygens (including phenoxy) is 1. The standard InChI is InChI=1S/C25H28BrN3O2S/c1-5-29-21-9-8-16(24-28-22(26)14-32-24)11-18(21)19(12-25(2,3)15-30)23(29)17-7-6-10-27-20(17)13-31-4/h6-11,14,30H,5,12-13,15H2,1-4H3. The Morgan fingerprint density at radius 3 is 2.72 bits per heavy atom. The molecule has 4 aromatic rings. The summed E-state index contributed by atoms with van der Waals surface area (Å²) in [5, 5.41) is 14.3. The van der Waals surface area contributed by atoms with Crippen LogP contribution in [0, 0.1) is 5.41 Å². The summed E-state index contributed by atoms with van der Waals surface area (Å²) < 4.78 is 8.67. The van der Waals surface area contributed by atoms with Crippen LogP contribution in [0.2, 0.25) is 0 Å². The molecule has 168 valence electrons. The lowest BCUT2D eigenvalue weighted by Gasteiger charge is -2.23. The van der Waals surface area contributed by atoms with Crippen LogP contribution in [0.3, 0.4) is 0 Å². The van der Waals surface area contributed by atoms with Gasteiger partial charge in [0.2, 0.25) is 0 Å². The fourth-order valence-corrected chi connectivity index (χ4v) is 5.45. The second-order valence-electron chi connectivity index (χ2n) is 8.71. The largest absolute Gasteiger partial charge is 0.396 e. The molecule has 0 spiro atoms. The Hall–Kier alpha value is -2.06. The zero-order chi connectivity index (χ0) is 22.9. The van der Waals surface area contributed by atoms with Crippen molar-refractivity contribution in [3.63, 3.8) is 0 Å². The number of rotatable bonds is 8. The lowest BCUT2D eigenvalue weighted by molar-refractivity contribution is 0.160. The van der Waals surface area contributed by atoms with E-state index in [-0.39, 0.29) is 12.0 Å². The number of fused-ring (bicyclic) bond motifs is 1. The van der Waals surface area contributed by atoms with Gasteiger partial charge in [0.15, 0.2) is 0 Å². The van der Waals surface area contributed by atoms with Crippen LogP contribution in [0.1, 0.15) is 32.0 Å². The van der Waals surface area contributed by atoms with Crippen LogP contribution in [0.25, 0.3) is 32.7 Å². The quantitative estimate of drug-likeness (QED) is 0.299. The Morgan fingerprint density at radius 2 is 2.06 bits per heavy atom. The SMILES string of the molecule is CCn1c(-c2cccnc2COC)c(CC(C)(C)CO)c2cc(-c3nc(Br)cs3)ccc21. The molecule has 0 saturated heterocycles. The first kappa shape index (κ1) is 23.1. The van der Waals surface area contributed by atoms with E-state index in [0.29, 0.717) is 6.61 Å². The monoisotopic (exact) mass is 513 g/mol. The first-order chi connectivity index (χ1) is 15.4. The topological polar surface area (TPSA) is 60.2 Å². The normalized spacial score (nSPS) is 12.1. The second-order valence-corrected chi connectivity index (χ2v) is 10.4. The van der Waals surface area contributed by atoms with Crippen molar-refractivity contribution in [2.45, 2.75) is 40.3 Å². The molecule has 0 aliphatic carbocycles. The summed E-state index contributed by atoms with van der Waals surface area (Å²) in [7, 11) is 1.70. The molecule has 4 rings (SSSR count). The Morgan fingerprint density at radius 1 is 1.25 bits per heavy atom. The summed E-state index contributed by atoms with van der Waals surface area (Å²) in [6, 6.07) is 10.7. The molecule has 0 radical (unpaired) electrons. The van der Waals surface area contributed by atoms with Crippen molar-refractivity contribution in [1.82, 2.24) is 14.5 Å². The number of hydrogen-bond donors (Lipinski definition) is 1. The van der Waals surface area contributed by atoms with E-state index in [1.807, 2.05) is 17.6 Å². The maximum atomic E-state index is 10.1. The highest BCUT2D eigenvalue weighted by Crippen LogP contribution is 2.40. The first-order valence-corrected chi connectivity index (χ1v) is 12.4. The van der Waals surface area contributed by atoms with Crippen molar-refractivity contribution in [3.8, 4) is 21.8 Å². The van der Waals surface area contributed by atoms with E-state index in [9.17, 15) is 5.11 Å². The number of nitrogens with zero attached hydrogens (tertiary/aromatic N) is 3. The van der Waals surface area contributed by atoms with Crippen molar-refractivity contribution in [2.75, 3.05) is 13.7 Å². The molecule has 5 nitrogen and oxygen atoms in total. The van der Waals surface area contributed by atoms with Gasteiger partial charge >= 0.3 is 0 Å². The Labute approximate surface area is 201 Å². The van der Waals surface area contributed by atoms with Crippen LogP contribution in [0.4, 0.5) is 0 Å². The molecule has 1 aromatic carbocycles. The summed E-state index contributed by atoms with van der Waals surface area (Å²) in [4.78, 5) is 9.23. The fraction of sp³-hybridized carbons (Fsp3) is 0.360. The third kappa shape index (κ3) is 4.39. The molecule has 0 fully saturated rings. The minimum Gasteiger partial charge on any atom is -0.396 e. The molecule has 32 heavy (non-hydrogen) atoms. The molecule has 0 unspecified atom stereocenters. The third-order valence-electron chi connectivity index (χ3n) is 5.72. The van der Waals surface area contributed by atoms with Crippen LogP contribution in [-0.2, 0) is 24.3 Å². The zero-order valence-electron chi connectivity index (χ0n) is 18.9. The minimum absolute atomic E-state index is 0.113. The van der Waals surface area contributed by atoms with Gasteiger partial charge in [-0.05, 0) is 70.6 Å². The molecule has 0 amide bonds. The number of methoxy groups -OCH3 is 1. The highest BCUT2D eigenvalue weighted by Gasteiger charge is 2.26. The van der Waals surface area contributed by atoms with Crippen LogP contribution >= 0.6 is 27.3 Å². The van der Waals surface area contributed by atoms with Gasteiger partial charge in [0.25, 0.3) is 0 Å². The summed E-state index contributed by atoms with van der Waals surface area (Å²) in [6.07, 6.45) is 2.56. The van der Waals surface area contributed by atoms with E-state index in [1.54, 1.807) is 18.4 Å². The Kier molecular flexibility index (Phi) is 6.81. The van der Waals surface area contributed by atoms with Gasteiger partial charge in [-0.25, -0.2) is 4.98 Å². The first-order valence-electron chi connectivity index (χ1n) is 10.7. The molecule has 7 heteroatoms. The van der Waals surface area contributed by atoms with Crippen LogP contribution in [-0.4, -0.2) is 33.4 Å². The number of aliphatic hydroxyl groups excluding tert-OH is 1. The highest BCUT2D eigenvalue weighted by molar-refractivity contribution is 9.10. The van der Waals surface area contributed by atoms with Gasteiger partial charge in [-0.2, -0.15) is 0 Å². The average Bonchev–Trinajstić information content (AvgIpc) is 3.35. The average molecular weight is 514 g/mol. The number of hydrogen-bond acceptors (Lipinski definition) is 5. The molecular formula is C25H28BrN3O2S. The van der Waals surface area contributed by atoms with E-state index < -0.39 is 0 Å². The number of benzene rings is 1. The predicted molar refractivity (Wildman–Crippen MR) is 135 cm³/mol. The third-order valence-corrected chi connectivity index (χ3v) is 7.32. The summed E-state index contributed by atoms with van der Waals surface area (Å²) >= 11 is 5.10. The smallest absolute Gasteiger partial charge is 0.124 e. The van der Waals surface area contributed by atoms with Gasteiger partial charge in [0.05, 0.1) is 18.0 Å². The number of aliphatic hydroxyl groups is 1. The fourth-order valence-electron chi connectivity index (χ4n) is 4.20. The number of aromatic nitrogens is 3. The van der Waals surface area contributed by atoms with E-state index >= 15 is 0 Å². The lowest BCUT2D eigenvalue weighted by atomic mass is 9.84. The van der Waals surface area contributed by atoms with Gasteiger partial charge in [-0.1, -0.05) is 13.8 Å². The van der Waals surface area contributed by atoms with E-state index in [0.717, 1.165) is 45.1 Å². The zero-order valence-corrected chi connectivity index (χ0v) is 21.3. The van der Waals surface area contributed by atoms with Gasteiger partial charge in [-0.15, -0.1) is 11.3 Å². The van der Waals surface area contributed by atoms with Gasteiger partial charge in [0.1, 0.15) is 9.61 Å². The molecule has 3 aromatic heterocycles. The molecule has 0 aliphatic heterocycles. The number of aryl methyl sites for hydroxylation is 1. The molecular weight excluding hydrogens is 486 g/mol. The van der Waals surface area contributed by atoms with E-state index in [1.165, 1.54) is 16.5 Å². The summed E-state index contributed by atoms with van der Waals surface area (Å²) in [6.45, 7) is 7.77. The van der Waals surface area contributed by atoms with Crippen LogP contribution in [0.15, 0.2) is 46.5 Å². The van der Waals surface area contributed by atoms with Gasteiger partial charge < -0.3 is 14.4 Å². The van der Waals surface area contributed by atoms with Gasteiger partial charge in [-0.3, -0.25) is 4.98 Å². The van der Waals surface area contributed by atoms with Crippen LogP contribution < -0.4 is 0 Å². The van der Waals surface area contributed by atoms with Gasteiger partial charge in [0, 0.05) is 53.9 Å². The van der Waals surface area contributed by atoms with Crippen molar-refractivity contribution >= 4 is 38.2 Å².